The molecule has 0 fully saturated rings. The fourth-order valence-electron chi connectivity index (χ4n) is 9.27. The highest BCUT2D eigenvalue weighted by atomic mass is 16.1. The van der Waals surface area contributed by atoms with Gasteiger partial charge in [0.2, 0.25) is 0 Å². The van der Waals surface area contributed by atoms with E-state index in [2.05, 4.69) is 150 Å². The maximum Gasteiger partial charge on any atom is 0.263 e. The van der Waals surface area contributed by atoms with Gasteiger partial charge in [0.05, 0.1) is 22.1 Å². The predicted molar refractivity (Wildman–Crippen MR) is 220 cm³/mol. The normalized spacial score (nSPS) is 12.3. The van der Waals surface area contributed by atoms with Crippen molar-refractivity contribution in [3.05, 3.63) is 180 Å². The van der Waals surface area contributed by atoms with Crippen LogP contribution < -0.4 is 5.56 Å². The van der Waals surface area contributed by atoms with Gasteiger partial charge in [0.1, 0.15) is 0 Å². The zero-order valence-corrected chi connectivity index (χ0v) is 28.0. The molecule has 0 atom stereocenters. The van der Waals surface area contributed by atoms with Gasteiger partial charge in [-0.2, -0.15) is 0 Å². The molecule has 3 heterocycles. The number of hydrogen-bond acceptors (Lipinski definition) is 1. The minimum Gasteiger partial charge on any atom is -0.309 e. The van der Waals surface area contributed by atoms with Gasteiger partial charge in [0.15, 0.2) is 0 Å². The van der Waals surface area contributed by atoms with Crippen LogP contribution in [-0.2, 0) is 0 Å². The molecule has 0 aliphatic rings. The minimum atomic E-state index is 0.0262. The highest BCUT2D eigenvalue weighted by molar-refractivity contribution is 6.30. The molecule has 12 aromatic rings. The lowest BCUT2D eigenvalue weighted by molar-refractivity contribution is 1.19. The molecule has 0 amide bonds. The van der Waals surface area contributed by atoms with Crippen LogP contribution in [0.15, 0.2) is 175 Å². The molecule has 0 radical (unpaired) electrons. The molecule has 0 aliphatic heterocycles. The lowest BCUT2D eigenvalue weighted by atomic mass is 9.88. The maximum atomic E-state index is 14.1. The summed E-state index contributed by atoms with van der Waals surface area (Å²) < 4.78 is 4.36. The molecule has 0 aliphatic carbocycles. The highest BCUT2D eigenvalue weighted by Gasteiger charge is 2.22. The highest BCUT2D eigenvalue weighted by Crippen LogP contribution is 2.45. The Morgan fingerprint density at radius 2 is 0.769 bits per heavy atom. The SMILES string of the molecule is O=c1c2ccccc2c2cc(-c3cc(-n4c5ccccc5c5ccccc54)cc4c5ccccc5c5ccccc5c34)cc3c4ccccc4n1c23. The predicted octanol–water partition coefficient (Wildman–Crippen LogP) is 12.4. The molecule has 12 rings (SSSR count). The summed E-state index contributed by atoms with van der Waals surface area (Å²) in [5.41, 5.74) is 7.72. The molecular weight excluding hydrogens is 633 g/mol. The molecule has 240 valence electrons. The van der Waals surface area contributed by atoms with Gasteiger partial charge < -0.3 is 4.57 Å². The zero-order chi connectivity index (χ0) is 34.1. The number of para-hydroxylation sites is 3. The zero-order valence-electron chi connectivity index (χ0n) is 28.0. The smallest absolute Gasteiger partial charge is 0.263 e. The van der Waals surface area contributed by atoms with Gasteiger partial charge >= 0.3 is 0 Å². The van der Waals surface area contributed by atoms with Crippen molar-refractivity contribution >= 4 is 92.1 Å². The summed E-state index contributed by atoms with van der Waals surface area (Å²) in [4.78, 5) is 14.1. The van der Waals surface area contributed by atoms with E-state index < -0.39 is 0 Å². The first-order chi connectivity index (χ1) is 25.7. The summed E-state index contributed by atoms with van der Waals surface area (Å²) in [5.74, 6) is 0. The molecule has 3 aromatic heterocycles. The van der Waals surface area contributed by atoms with E-state index in [1.165, 1.54) is 59.7 Å². The second kappa shape index (κ2) is 10.1. The molecule has 0 bridgehead atoms. The summed E-state index contributed by atoms with van der Waals surface area (Å²) in [6.45, 7) is 0. The van der Waals surface area contributed by atoms with E-state index in [1.54, 1.807) is 0 Å². The third-order valence-corrected chi connectivity index (χ3v) is 11.4. The molecule has 3 nitrogen and oxygen atoms in total. The fraction of sp³-hybridized carbons (Fsp3) is 0. The number of benzene rings is 9. The van der Waals surface area contributed by atoms with Crippen molar-refractivity contribution < 1.29 is 0 Å². The average molecular weight is 661 g/mol. The number of hydrogen-bond donors (Lipinski definition) is 0. The number of fused-ring (bicyclic) bond motifs is 14. The first-order valence-electron chi connectivity index (χ1n) is 17.8. The van der Waals surface area contributed by atoms with Crippen molar-refractivity contribution in [2.45, 2.75) is 0 Å². The Labute approximate surface area is 297 Å². The summed E-state index contributed by atoms with van der Waals surface area (Å²) >= 11 is 0. The van der Waals surface area contributed by atoms with Crippen LogP contribution >= 0.6 is 0 Å². The first kappa shape index (κ1) is 27.8. The van der Waals surface area contributed by atoms with Crippen molar-refractivity contribution in [1.29, 1.82) is 0 Å². The van der Waals surface area contributed by atoms with Gasteiger partial charge in [-0.15, -0.1) is 0 Å². The van der Waals surface area contributed by atoms with E-state index in [1.807, 2.05) is 28.7 Å². The molecule has 52 heavy (non-hydrogen) atoms. The number of pyridine rings is 1. The van der Waals surface area contributed by atoms with Crippen molar-refractivity contribution in [3.63, 3.8) is 0 Å². The summed E-state index contributed by atoms with van der Waals surface area (Å²) in [6, 6.07) is 61.0. The average Bonchev–Trinajstić information content (AvgIpc) is 3.73. The lowest BCUT2D eigenvalue weighted by Gasteiger charge is -2.18. The van der Waals surface area contributed by atoms with E-state index in [9.17, 15) is 4.79 Å². The topological polar surface area (TPSA) is 26.4 Å². The molecule has 0 unspecified atom stereocenters. The first-order valence-corrected chi connectivity index (χ1v) is 17.8. The van der Waals surface area contributed by atoms with Crippen LogP contribution in [0.1, 0.15) is 0 Å². The van der Waals surface area contributed by atoms with Crippen molar-refractivity contribution in [2.75, 3.05) is 0 Å². The van der Waals surface area contributed by atoms with Gasteiger partial charge in [-0.1, -0.05) is 121 Å². The van der Waals surface area contributed by atoms with Gasteiger partial charge in [-0.25, -0.2) is 0 Å². The molecule has 3 heteroatoms. The van der Waals surface area contributed by atoms with Crippen LogP contribution in [0, 0.1) is 0 Å². The van der Waals surface area contributed by atoms with Crippen LogP contribution in [0.2, 0.25) is 0 Å². The summed E-state index contributed by atoms with van der Waals surface area (Å²) in [5, 5.41) is 14.8. The molecular formula is C49H28N2O. The van der Waals surface area contributed by atoms with Crippen LogP contribution in [0.5, 0.6) is 0 Å². The maximum absolute atomic E-state index is 14.1. The van der Waals surface area contributed by atoms with Crippen LogP contribution in [-0.4, -0.2) is 8.97 Å². The number of nitrogens with zero attached hydrogens (tertiary/aromatic N) is 2. The van der Waals surface area contributed by atoms with Crippen molar-refractivity contribution in [2.24, 2.45) is 0 Å². The third kappa shape index (κ3) is 3.52. The van der Waals surface area contributed by atoms with Gasteiger partial charge in [-0.3, -0.25) is 9.20 Å². The van der Waals surface area contributed by atoms with E-state index in [-0.39, 0.29) is 5.56 Å². The van der Waals surface area contributed by atoms with Crippen LogP contribution in [0.4, 0.5) is 0 Å². The van der Waals surface area contributed by atoms with E-state index in [0.29, 0.717) is 0 Å². The largest absolute Gasteiger partial charge is 0.309 e. The molecule has 9 aromatic carbocycles. The summed E-state index contributed by atoms with van der Waals surface area (Å²) in [7, 11) is 0. The quantitative estimate of drug-likeness (QED) is 0.170. The van der Waals surface area contributed by atoms with Crippen molar-refractivity contribution in [1.82, 2.24) is 8.97 Å². The Hall–Kier alpha value is -6.97. The third-order valence-electron chi connectivity index (χ3n) is 11.4. The Kier molecular flexibility index (Phi) is 5.38. The second-order valence-electron chi connectivity index (χ2n) is 14.0. The van der Waals surface area contributed by atoms with E-state index in [4.69, 9.17) is 0 Å². The van der Waals surface area contributed by atoms with Gasteiger partial charge in [0, 0.05) is 38.0 Å². The Balaban J connectivity index is 1.33. The second-order valence-corrected chi connectivity index (χ2v) is 14.0. The van der Waals surface area contributed by atoms with Crippen LogP contribution in [0.3, 0.4) is 0 Å². The van der Waals surface area contributed by atoms with Crippen LogP contribution in [0.25, 0.3) is 109 Å². The molecule has 0 saturated heterocycles. The Bertz CT molecular complexity index is 3500. The number of rotatable bonds is 2. The summed E-state index contributed by atoms with van der Waals surface area (Å²) in [6.07, 6.45) is 0. The molecule has 0 saturated carbocycles. The van der Waals surface area contributed by atoms with Crippen molar-refractivity contribution in [3.8, 4) is 16.8 Å². The molecule has 0 spiro atoms. The lowest BCUT2D eigenvalue weighted by Crippen LogP contribution is -2.12. The van der Waals surface area contributed by atoms with E-state index in [0.717, 1.165) is 49.2 Å². The minimum absolute atomic E-state index is 0.0262. The Morgan fingerprint density at radius 1 is 0.346 bits per heavy atom. The Morgan fingerprint density at radius 3 is 1.38 bits per heavy atom. The van der Waals surface area contributed by atoms with Gasteiger partial charge in [0.25, 0.3) is 5.56 Å². The molecule has 0 N–H and O–H groups in total. The number of aromatic nitrogens is 2. The van der Waals surface area contributed by atoms with E-state index >= 15 is 0 Å². The standard InChI is InChI=1S/C49H28N2O/c52-49-39-21-6-4-16-34(39)42-25-29(26-43-37-19-9-12-24-46(37)51(49)48(42)43)40-27-30(50-44-22-10-7-17-35(44)36-18-8-11-23-45(36)50)28-41-33-15-2-1-13-31(33)32-14-3-5-20-38(32)47(40)41/h1-28H. The fourth-order valence-corrected chi connectivity index (χ4v) is 9.27. The van der Waals surface area contributed by atoms with Gasteiger partial charge in [-0.05, 0) is 97.4 Å². The monoisotopic (exact) mass is 660 g/mol.